The molecule has 0 unspecified atom stereocenters. The van der Waals surface area contributed by atoms with Gasteiger partial charge in [0.25, 0.3) is 11.5 Å². The zero-order valence-electron chi connectivity index (χ0n) is 20.0. The number of ether oxygens (including phenoxy) is 1. The molecule has 0 bridgehead atoms. The smallest absolute Gasteiger partial charge is 0.389 e. The van der Waals surface area contributed by atoms with E-state index in [1.54, 1.807) is 16.9 Å². The Hall–Kier alpha value is -3.61. The van der Waals surface area contributed by atoms with Crippen LogP contribution in [0.5, 0.6) is 5.75 Å². The Labute approximate surface area is 211 Å². The molecule has 37 heavy (non-hydrogen) atoms. The molecule has 0 atom stereocenters. The van der Waals surface area contributed by atoms with Crippen LogP contribution in [-0.4, -0.2) is 51.1 Å². The number of alkyl halides is 3. The van der Waals surface area contributed by atoms with Crippen LogP contribution in [0.25, 0.3) is 17.0 Å². The van der Waals surface area contributed by atoms with E-state index in [1.165, 1.54) is 30.5 Å². The van der Waals surface area contributed by atoms with E-state index < -0.39 is 39.7 Å². The maximum absolute atomic E-state index is 12.9. The molecule has 1 aliphatic carbocycles. The number of allylic oxidation sites excluding steroid dienone is 1. The normalized spacial score (nSPS) is 14.6. The molecular weight excluding hydrogens is 513 g/mol. The zero-order chi connectivity index (χ0) is 27.2. The van der Waals surface area contributed by atoms with Gasteiger partial charge in [-0.2, -0.15) is 13.2 Å². The highest BCUT2D eigenvalue weighted by atomic mass is 32.2. The summed E-state index contributed by atoms with van der Waals surface area (Å²) in [5.74, 6) is -0.257. The standard InChI is InChI=1S/C24H27F3N4O5S/c1-37(34,35)31-23(33)21-18(19(28)9-11-29-14-15-3-4-15)13-20(30-22(21)32)16-5-7-17(8-6-16)36-12-2-10-24(25,26)27/h5-9,11,13,15H,2-4,10,12,14,28H2,1H3,(H,30,32)(H,31,33). The van der Waals surface area contributed by atoms with Gasteiger partial charge in [-0.1, -0.05) is 0 Å². The number of benzene rings is 1. The predicted octanol–water partition coefficient (Wildman–Crippen LogP) is 3.23. The molecule has 0 radical (unpaired) electrons. The highest BCUT2D eigenvalue weighted by molar-refractivity contribution is 7.89. The zero-order valence-corrected chi connectivity index (χ0v) is 20.8. The molecule has 3 rings (SSSR count). The minimum absolute atomic E-state index is 0.00486. The van der Waals surface area contributed by atoms with E-state index in [9.17, 15) is 31.2 Å². The Morgan fingerprint density at radius 3 is 2.54 bits per heavy atom. The third-order valence-corrected chi connectivity index (χ3v) is 5.86. The van der Waals surface area contributed by atoms with Crippen LogP contribution in [0, 0.1) is 5.92 Å². The second kappa shape index (κ2) is 11.6. The molecule has 0 spiro atoms. The Balaban J connectivity index is 1.88. The van der Waals surface area contributed by atoms with E-state index in [1.807, 2.05) is 0 Å². The lowest BCUT2D eigenvalue weighted by atomic mass is 10.0. The van der Waals surface area contributed by atoms with E-state index in [0.29, 0.717) is 23.8 Å². The number of H-pyrrole nitrogens is 1. The summed E-state index contributed by atoms with van der Waals surface area (Å²) in [5.41, 5.74) is 5.59. The molecule has 1 aromatic heterocycles. The number of nitrogens with zero attached hydrogens (tertiary/aromatic N) is 1. The van der Waals surface area contributed by atoms with Crippen molar-refractivity contribution >= 4 is 27.8 Å². The van der Waals surface area contributed by atoms with Gasteiger partial charge >= 0.3 is 6.18 Å². The summed E-state index contributed by atoms with van der Waals surface area (Å²) in [6.07, 6.45) is 0.517. The molecular formula is C24H27F3N4O5S. The van der Waals surface area contributed by atoms with E-state index >= 15 is 0 Å². The summed E-state index contributed by atoms with van der Waals surface area (Å²) in [4.78, 5) is 32.3. The van der Waals surface area contributed by atoms with Crippen LogP contribution in [0.2, 0.25) is 0 Å². The maximum atomic E-state index is 12.9. The first kappa shape index (κ1) is 28.0. The minimum atomic E-state index is -4.25. The summed E-state index contributed by atoms with van der Waals surface area (Å²) in [5, 5.41) is 0. The fourth-order valence-electron chi connectivity index (χ4n) is 3.31. The number of aromatic amines is 1. The number of carbonyl (C=O) groups excluding carboxylic acids is 1. The second-order valence-electron chi connectivity index (χ2n) is 8.68. The van der Waals surface area contributed by atoms with Gasteiger partial charge in [-0.25, -0.2) is 13.1 Å². The lowest BCUT2D eigenvalue weighted by Gasteiger charge is -2.12. The molecule has 2 aromatic rings. The average Bonchev–Trinajstić information content (AvgIpc) is 3.62. The Kier molecular flexibility index (Phi) is 8.79. The monoisotopic (exact) mass is 540 g/mol. The molecule has 13 heteroatoms. The Morgan fingerprint density at radius 1 is 1.27 bits per heavy atom. The van der Waals surface area contributed by atoms with Crippen LogP contribution >= 0.6 is 0 Å². The van der Waals surface area contributed by atoms with Crippen LogP contribution < -0.4 is 20.8 Å². The number of rotatable bonds is 11. The molecule has 0 saturated heterocycles. The fraction of sp³-hybridized carbons (Fsp3) is 0.375. The van der Waals surface area contributed by atoms with Crippen molar-refractivity contribution in [1.29, 1.82) is 0 Å². The maximum Gasteiger partial charge on any atom is 0.389 e. The largest absolute Gasteiger partial charge is 0.494 e. The molecule has 0 aliphatic heterocycles. The summed E-state index contributed by atoms with van der Waals surface area (Å²) >= 11 is 0. The lowest BCUT2D eigenvalue weighted by molar-refractivity contribution is -0.136. The summed E-state index contributed by atoms with van der Waals surface area (Å²) in [6.45, 7) is 0.518. The van der Waals surface area contributed by atoms with Crippen LogP contribution in [0.1, 0.15) is 41.6 Å². The van der Waals surface area contributed by atoms with Gasteiger partial charge in [0.05, 0.1) is 12.9 Å². The quantitative estimate of drug-likeness (QED) is 0.295. The first-order chi connectivity index (χ1) is 17.3. The number of carbonyl (C=O) groups is 1. The molecule has 1 aliphatic rings. The van der Waals surface area contributed by atoms with E-state index in [0.717, 1.165) is 19.1 Å². The molecule has 1 amide bonds. The highest BCUT2D eigenvalue weighted by Crippen LogP contribution is 2.29. The second-order valence-corrected chi connectivity index (χ2v) is 10.4. The SMILES string of the molecule is CS(=O)(=O)NC(=O)c1c(C(N)=CC=NCC2CC2)cc(-c2ccc(OCCCC(F)(F)F)cc2)[nH]c1=O. The third-order valence-electron chi connectivity index (χ3n) is 5.31. The van der Waals surface area contributed by atoms with Crippen molar-refractivity contribution in [3.8, 4) is 17.0 Å². The number of aliphatic imine (C=N–C) groups is 1. The topological polar surface area (TPSA) is 144 Å². The van der Waals surface area contributed by atoms with Gasteiger partial charge in [-0.3, -0.25) is 14.6 Å². The van der Waals surface area contributed by atoms with Gasteiger partial charge in [0.15, 0.2) is 0 Å². The van der Waals surface area contributed by atoms with Crippen LogP contribution in [0.15, 0.2) is 46.2 Å². The van der Waals surface area contributed by atoms with Gasteiger partial charge < -0.3 is 15.5 Å². The van der Waals surface area contributed by atoms with Crippen LogP contribution in [0.4, 0.5) is 13.2 Å². The molecule has 1 saturated carbocycles. The van der Waals surface area contributed by atoms with Crippen molar-refractivity contribution in [2.75, 3.05) is 19.4 Å². The van der Waals surface area contributed by atoms with E-state index in [2.05, 4.69) is 9.98 Å². The minimum Gasteiger partial charge on any atom is -0.494 e. The number of nitrogens with one attached hydrogen (secondary N) is 2. The Morgan fingerprint density at radius 2 is 1.95 bits per heavy atom. The number of hydrogen-bond acceptors (Lipinski definition) is 7. The van der Waals surface area contributed by atoms with Crippen LogP contribution in [0.3, 0.4) is 0 Å². The molecule has 1 heterocycles. The van der Waals surface area contributed by atoms with Gasteiger partial charge in [0.2, 0.25) is 10.0 Å². The van der Waals surface area contributed by atoms with E-state index in [4.69, 9.17) is 10.5 Å². The van der Waals surface area contributed by atoms with Gasteiger partial charge in [0.1, 0.15) is 11.3 Å². The molecule has 200 valence electrons. The first-order valence-corrected chi connectivity index (χ1v) is 13.3. The average molecular weight is 541 g/mol. The van der Waals surface area contributed by atoms with Crippen molar-refractivity contribution in [2.45, 2.75) is 31.9 Å². The number of nitrogens with two attached hydrogens (primary N) is 1. The Bertz CT molecular complexity index is 1350. The fourth-order valence-corrected chi connectivity index (χ4v) is 3.75. The molecule has 9 nitrogen and oxygen atoms in total. The van der Waals surface area contributed by atoms with Gasteiger partial charge in [0, 0.05) is 36.1 Å². The molecule has 4 N–H and O–H groups in total. The van der Waals surface area contributed by atoms with Crippen LogP contribution in [-0.2, 0) is 10.0 Å². The van der Waals surface area contributed by atoms with Crippen molar-refractivity contribution in [3.63, 3.8) is 0 Å². The number of amides is 1. The number of hydrogen-bond donors (Lipinski definition) is 3. The van der Waals surface area contributed by atoms with E-state index in [-0.39, 0.29) is 30.0 Å². The van der Waals surface area contributed by atoms with Crippen molar-refractivity contribution in [3.05, 3.63) is 57.9 Å². The summed E-state index contributed by atoms with van der Waals surface area (Å²) in [7, 11) is -3.95. The predicted molar refractivity (Wildman–Crippen MR) is 134 cm³/mol. The van der Waals surface area contributed by atoms with Crippen molar-refractivity contribution in [1.82, 2.24) is 9.71 Å². The van der Waals surface area contributed by atoms with Gasteiger partial charge in [-0.05, 0) is 67.2 Å². The first-order valence-electron chi connectivity index (χ1n) is 11.4. The summed E-state index contributed by atoms with van der Waals surface area (Å²) in [6, 6.07) is 7.62. The highest BCUT2D eigenvalue weighted by Gasteiger charge is 2.26. The number of halogens is 3. The molecule has 1 fully saturated rings. The summed E-state index contributed by atoms with van der Waals surface area (Å²) < 4.78 is 67.0. The van der Waals surface area contributed by atoms with Gasteiger partial charge in [-0.15, -0.1) is 0 Å². The number of aromatic nitrogens is 1. The van der Waals surface area contributed by atoms with Crippen molar-refractivity contribution < 1.29 is 31.1 Å². The third kappa shape index (κ3) is 9.08. The van der Waals surface area contributed by atoms with Crippen molar-refractivity contribution in [2.24, 2.45) is 16.6 Å². The lowest BCUT2D eigenvalue weighted by Crippen LogP contribution is -2.35. The number of sulfonamides is 1. The number of pyridine rings is 1. The molecule has 1 aromatic carbocycles.